The Morgan fingerprint density at radius 2 is 1.72 bits per heavy atom. The van der Waals surface area contributed by atoms with Crippen molar-refractivity contribution >= 4 is 5.91 Å². The fourth-order valence-electron chi connectivity index (χ4n) is 4.14. The van der Waals surface area contributed by atoms with E-state index in [2.05, 4.69) is 10.2 Å². The van der Waals surface area contributed by atoms with Crippen molar-refractivity contribution in [2.24, 2.45) is 11.8 Å². The quantitative estimate of drug-likeness (QED) is 0.831. The predicted octanol–water partition coefficient (Wildman–Crippen LogP) is 2.51. The first-order valence-electron chi connectivity index (χ1n) is 7.87. The monoisotopic (exact) mass is 250 g/mol. The first kappa shape index (κ1) is 12.5. The van der Waals surface area contributed by atoms with Gasteiger partial charge in [0.1, 0.15) is 0 Å². The summed E-state index contributed by atoms with van der Waals surface area (Å²) in [6, 6.07) is 0. The highest BCUT2D eigenvalue weighted by Crippen LogP contribution is 2.32. The van der Waals surface area contributed by atoms with Crippen molar-refractivity contribution < 1.29 is 4.79 Å². The van der Waals surface area contributed by atoms with Gasteiger partial charge in [0.2, 0.25) is 5.91 Å². The molecule has 102 valence electrons. The van der Waals surface area contributed by atoms with Gasteiger partial charge in [-0.15, -0.1) is 0 Å². The molecule has 3 nitrogen and oxygen atoms in total. The number of nitrogens with one attached hydrogen (secondary N) is 1. The van der Waals surface area contributed by atoms with Crippen molar-refractivity contribution in [3.63, 3.8) is 0 Å². The molecule has 1 atom stereocenters. The Kier molecular flexibility index (Phi) is 3.88. The van der Waals surface area contributed by atoms with Gasteiger partial charge in [0.15, 0.2) is 0 Å². The zero-order valence-corrected chi connectivity index (χ0v) is 11.4. The van der Waals surface area contributed by atoms with Crippen molar-refractivity contribution in [1.82, 2.24) is 10.2 Å². The summed E-state index contributed by atoms with van der Waals surface area (Å²) in [4.78, 5) is 14.2. The van der Waals surface area contributed by atoms with E-state index in [0.717, 1.165) is 18.4 Å². The van der Waals surface area contributed by atoms with Crippen LogP contribution in [0, 0.1) is 11.8 Å². The average molecular weight is 250 g/mol. The minimum absolute atomic E-state index is 0.338. The van der Waals surface area contributed by atoms with E-state index in [0.29, 0.717) is 18.6 Å². The lowest BCUT2D eigenvalue weighted by Gasteiger charge is -2.29. The van der Waals surface area contributed by atoms with Crippen molar-refractivity contribution in [3.05, 3.63) is 0 Å². The van der Waals surface area contributed by atoms with Crippen LogP contribution in [0.1, 0.15) is 57.8 Å². The molecule has 2 aliphatic carbocycles. The van der Waals surface area contributed by atoms with Crippen molar-refractivity contribution in [3.8, 4) is 0 Å². The summed E-state index contributed by atoms with van der Waals surface area (Å²) in [6.07, 6.45) is 12.5. The third kappa shape index (κ3) is 2.56. The summed E-state index contributed by atoms with van der Waals surface area (Å²) in [5.74, 6) is 1.95. The highest BCUT2D eigenvalue weighted by atomic mass is 16.2. The average Bonchev–Trinajstić information content (AvgIpc) is 3.08. The molecular weight excluding hydrogens is 224 g/mol. The van der Waals surface area contributed by atoms with Gasteiger partial charge >= 0.3 is 0 Å². The highest BCUT2D eigenvalue weighted by molar-refractivity contribution is 5.80. The van der Waals surface area contributed by atoms with E-state index in [1.807, 2.05) is 0 Å². The molecule has 3 rings (SSSR count). The molecule has 1 amide bonds. The number of carbonyl (C=O) groups is 1. The molecule has 3 heteroatoms. The predicted molar refractivity (Wildman–Crippen MR) is 72.0 cm³/mol. The summed E-state index contributed by atoms with van der Waals surface area (Å²) in [7, 11) is 0. The van der Waals surface area contributed by atoms with E-state index >= 15 is 0 Å². The van der Waals surface area contributed by atoms with E-state index in [-0.39, 0.29) is 0 Å². The number of hydrogen-bond acceptors (Lipinski definition) is 2. The topological polar surface area (TPSA) is 32.3 Å². The molecule has 3 aliphatic rings. The SMILES string of the molecule is O=C1CNC(C2CCCC2)N1CCC1CCCC1. The highest BCUT2D eigenvalue weighted by Gasteiger charge is 2.37. The molecule has 0 spiro atoms. The van der Waals surface area contributed by atoms with Crippen LogP contribution in [0.2, 0.25) is 0 Å². The van der Waals surface area contributed by atoms with Crippen molar-refractivity contribution in [2.75, 3.05) is 13.1 Å². The number of nitrogens with zero attached hydrogens (tertiary/aromatic N) is 1. The lowest BCUT2D eigenvalue weighted by molar-refractivity contribution is -0.128. The van der Waals surface area contributed by atoms with Crippen LogP contribution in [0.15, 0.2) is 0 Å². The maximum Gasteiger partial charge on any atom is 0.237 e. The molecule has 1 saturated heterocycles. The third-order valence-electron chi connectivity index (χ3n) is 5.22. The van der Waals surface area contributed by atoms with E-state index in [1.165, 1.54) is 57.8 Å². The Morgan fingerprint density at radius 3 is 2.44 bits per heavy atom. The second kappa shape index (κ2) is 5.60. The van der Waals surface area contributed by atoms with Gasteiger partial charge in [-0.05, 0) is 31.1 Å². The van der Waals surface area contributed by atoms with Crippen LogP contribution in [-0.4, -0.2) is 30.1 Å². The minimum Gasteiger partial charge on any atom is -0.326 e. The second-order valence-electron chi connectivity index (χ2n) is 6.40. The van der Waals surface area contributed by atoms with Crippen LogP contribution in [-0.2, 0) is 4.79 Å². The van der Waals surface area contributed by atoms with Gasteiger partial charge in [-0.25, -0.2) is 0 Å². The van der Waals surface area contributed by atoms with Gasteiger partial charge in [-0.1, -0.05) is 38.5 Å². The zero-order chi connectivity index (χ0) is 12.4. The standard InChI is InChI=1S/C15H26N2O/c18-14-11-16-15(13-7-3-4-8-13)17(14)10-9-12-5-1-2-6-12/h12-13,15-16H,1-11H2. The van der Waals surface area contributed by atoms with Crippen LogP contribution in [0.3, 0.4) is 0 Å². The molecule has 1 aliphatic heterocycles. The van der Waals surface area contributed by atoms with Gasteiger partial charge in [-0.2, -0.15) is 0 Å². The third-order valence-corrected chi connectivity index (χ3v) is 5.22. The smallest absolute Gasteiger partial charge is 0.237 e. The van der Waals surface area contributed by atoms with Gasteiger partial charge in [0.05, 0.1) is 12.7 Å². The van der Waals surface area contributed by atoms with Crippen molar-refractivity contribution in [2.45, 2.75) is 64.0 Å². The molecule has 0 aromatic heterocycles. The summed E-state index contributed by atoms with van der Waals surface area (Å²) in [6.45, 7) is 1.57. The maximum atomic E-state index is 12.0. The van der Waals surface area contributed by atoms with Crippen LogP contribution >= 0.6 is 0 Å². The molecule has 2 saturated carbocycles. The molecule has 0 aromatic rings. The van der Waals surface area contributed by atoms with E-state index < -0.39 is 0 Å². The first-order chi connectivity index (χ1) is 8.84. The van der Waals surface area contributed by atoms with Crippen LogP contribution in [0.25, 0.3) is 0 Å². The van der Waals surface area contributed by atoms with E-state index in [4.69, 9.17) is 0 Å². The number of hydrogen-bond donors (Lipinski definition) is 1. The Labute approximate surface area is 110 Å². The minimum atomic E-state index is 0.338. The Balaban J connectivity index is 1.54. The summed E-state index contributed by atoms with van der Waals surface area (Å²) in [5.41, 5.74) is 0. The van der Waals surface area contributed by atoms with Gasteiger partial charge in [-0.3, -0.25) is 10.1 Å². The lowest BCUT2D eigenvalue weighted by atomic mass is 10.0. The van der Waals surface area contributed by atoms with Gasteiger partial charge in [0, 0.05) is 6.54 Å². The molecule has 1 heterocycles. The van der Waals surface area contributed by atoms with Crippen LogP contribution in [0.4, 0.5) is 0 Å². The zero-order valence-electron chi connectivity index (χ0n) is 11.4. The fraction of sp³-hybridized carbons (Fsp3) is 0.933. The molecule has 3 fully saturated rings. The lowest BCUT2D eigenvalue weighted by Crippen LogP contribution is -2.43. The number of carbonyl (C=O) groups excluding carboxylic acids is 1. The van der Waals surface area contributed by atoms with Crippen LogP contribution in [0.5, 0.6) is 0 Å². The Morgan fingerprint density at radius 1 is 1.06 bits per heavy atom. The molecular formula is C15H26N2O. The number of rotatable bonds is 4. The summed E-state index contributed by atoms with van der Waals surface area (Å²) in [5, 5.41) is 3.45. The Hall–Kier alpha value is -0.570. The van der Waals surface area contributed by atoms with E-state index in [1.54, 1.807) is 0 Å². The van der Waals surface area contributed by atoms with E-state index in [9.17, 15) is 4.79 Å². The second-order valence-corrected chi connectivity index (χ2v) is 6.40. The molecule has 0 aromatic carbocycles. The summed E-state index contributed by atoms with van der Waals surface area (Å²) < 4.78 is 0. The Bertz CT molecular complexity index is 293. The maximum absolute atomic E-state index is 12.0. The molecule has 1 N–H and O–H groups in total. The fourth-order valence-corrected chi connectivity index (χ4v) is 4.14. The molecule has 18 heavy (non-hydrogen) atoms. The number of amides is 1. The van der Waals surface area contributed by atoms with Crippen molar-refractivity contribution in [1.29, 1.82) is 0 Å². The molecule has 0 bridgehead atoms. The largest absolute Gasteiger partial charge is 0.326 e. The van der Waals surface area contributed by atoms with Crippen LogP contribution < -0.4 is 5.32 Å². The van der Waals surface area contributed by atoms with Gasteiger partial charge in [0.25, 0.3) is 0 Å². The molecule has 1 unspecified atom stereocenters. The normalized spacial score (nSPS) is 30.8. The summed E-state index contributed by atoms with van der Waals surface area (Å²) >= 11 is 0. The van der Waals surface area contributed by atoms with Gasteiger partial charge < -0.3 is 4.90 Å². The first-order valence-corrected chi connectivity index (χ1v) is 7.87. The molecule has 0 radical (unpaired) electrons.